The van der Waals surface area contributed by atoms with Crippen molar-refractivity contribution in [2.45, 2.75) is 30.7 Å². The molecule has 0 fully saturated rings. The van der Waals surface area contributed by atoms with E-state index in [0.717, 1.165) is 0 Å². The van der Waals surface area contributed by atoms with Gasteiger partial charge in [0, 0.05) is 9.96 Å². The lowest BCUT2D eigenvalue weighted by molar-refractivity contribution is 1.04. The third-order valence-corrected chi connectivity index (χ3v) is 3.16. The summed E-state index contributed by atoms with van der Waals surface area (Å²) in [4.78, 5) is 0. The van der Waals surface area contributed by atoms with Gasteiger partial charge in [-0.2, -0.15) is 0 Å². The van der Waals surface area contributed by atoms with Crippen LogP contribution in [0.3, 0.4) is 0 Å². The molecular weight excluding hydrogens is 150 g/mol. The molecule has 0 heterocycles. The first kappa shape index (κ1) is 9.66. The number of thioether (sulfide) groups is 2. The van der Waals surface area contributed by atoms with Gasteiger partial charge in [-0.25, -0.2) is 0 Å². The van der Waals surface area contributed by atoms with Crippen LogP contribution in [0.25, 0.3) is 0 Å². The molecule has 0 aliphatic rings. The van der Waals surface area contributed by atoms with E-state index in [1.807, 2.05) is 30.4 Å². The highest BCUT2D eigenvalue weighted by atomic mass is 32.2. The quantitative estimate of drug-likeness (QED) is 0.646. The van der Waals surface area contributed by atoms with Crippen LogP contribution in [0.4, 0.5) is 0 Å². The van der Waals surface area contributed by atoms with Crippen molar-refractivity contribution in [3.8, 4) is 0 Å². The number of nitrogens with two attached hydrogens (primary N) is 1. The lowest BCUT2D eigenvalue weighted by Gasteiger charge is -2.11. The van der Waals surface area contributed by atoms with Crippen LogP contribution in [0, 0.1) is 0 Å². The Hall–Kier alpha value is 0.660. The average Bonchev–Trinajstić information content (AvgIpc) is 1.63. The minimum Gasteiger partial charge on any atom is -0.320 e. The van der Waals surface area contributed by atoms with Crippen molar-refractivity contribution >= 4 is 23.5 Å². The van der Waals surface area contributed by atoms with Crippen molar-refractivity contribution in [3.05, 3.63) is 0 Å². The number of rotatable bonds is 4. The Morgan fingerprint density at radius 3 is 2.33 bits per heavy atom. The average molecular weight is 165 g/mol. The Morgan fingerprint density at radius 2 is 2.00 bits per heavy atom. The summed E-state index contributed by atoms with van der Waals surface area (Å²) in [6.45, 7) is 6.39. The third kappa shape index (κ3) is 6.55. The van der Waals surface area contributed by atoms with Crippen molar-refractivity contribution in [3.63, 3.8) is 0 Å². The van der Waals surface area contributed by atoms with Crippen molar-refractivity contribution < 1.29 is 0 Å². The standard InChI is InChI=1S/C6H15NS2/c1-4-8-6(3)9-5(2)7/h5-6H,4,7H2,1-3H3. The predicted molar refractivity (Wildman–Crippen MR) is 48.8 cm³/mol. The molecule has 0 radical (unpaired) electrons. The fourth-order valence-electron chi connectivity index (χ4n) is 0.576. The molecule has 0 aromatic rings. The molecule has 0 saturated heterocycles. The SMILES string of the molecule is CCSC(C)SC(C)N. The summed E-state index contributed by atoms with van der Waals surface area (Å²) in [6.07, 6.45) is 0. The molecule has 2 unspecified atom stereocenters. The second-order valence-electron chi connectivity index (χ2n) is 1.86. The molecule has 0 amide bonds. The molecule has 0 saturated carbocycles. The molecule has 0 rings (SSSR count). The second-order valence-corrected chi connectivity index (χ2v) is 5.50. The summed E-state index contributed by atoms with van der Waals surface area (Å²) in [6, 6.07) is 0. The molecule has 0 aliphatic carbocycles. The van der Waals surface area contributed by atoms with Gasteiger partial charge in [0.15, 0.2) is 0 Å². The van der Waals surface area contributed by atoms with Gasteiger partial charge in [-0.05, 0) is 19.6 Å². The molecular formula is C6H15NS2. The van der Waals surface area contributed by atoms with Crippen LogP contribution < -0.4 is 5.73 Å². The Morgan fingerprint density at radius 1 is 1.44 bits per heavy atom. The highest BCUT2D eigenvalue weighted by Gasteiger charge is 2.02. The highest BCUT2D eigenvalue weighted by molar-refractivity contribution is 8.17. The van der Waals surface area contributed by atoms with Gasteiger partial charge < -0.3 is 5.73 Å². The summed E-state index contributed by atoms with van der Waals surface area (Å²) in [5.41, 5.74) is 5.57. The van der Waals surface area contributed by atoms with E-state index in [9.17, 15) is 0 Å². The molecule has 0 aliphatic heterocycles. The van der Waals surface area contributed by atoms with Gasteiger partial charge >= 0.3 is 0 Å². The van der Waals surface area contributed by atoms with E-state index in [1.54, 1.807) is 0 Å². The predicted octanol–water partition coefficient (Wildman–Crippen LogP) is 2.12. The molecule has 2 atom stereocenters. The molecule has 0 spiro atoms. The van der Waals surface area contributed by atoms with Crippen LogP contribution in [0.15, 0.2) is 0 Å². The monoisotopic (exact) mass is 165 g/mol. The summed E-state index contributed by atoms with van der Waals surface area (Å²) in [5.74, 6) is 1.18. The van der Waals surface area contributed by atoms with Gasteiger partial charge in [0.25, 0.3) is 0 Å². The first-order chi connectivity index (χ1) is 4.16. The van der Waals surface area contributed by atoms with E-state index >= 15 is 0 Å². The van der Waals surface area contributed by atoms with Crippen LogP contribution in [-0.2, 0) is 0 Å². The normalized spacial score (nSPS) is 17.3. The maximum Gasteiger partial charge on any atom is 0.0489 e. The van der Waals surface area contributed by atoms with E-state index < -0.39 is 0 Å². The molecule has 0 aromatic heterocycles. The summed E-state index contributed by atoms with van der Waals surface area (Å²) < 4.78 is 0.648. The molecule has 0 bridgehead atoms. The van der Waals surface area contributed by atoms with Gasteiger partial charge in [-0.15, -0.1) is 23.5 Å². The van der Waals surface area contributed by atoms with Gasteiger partial charge in [-0.3, -0.25) is 0 Å². The molecule has 9 heavy (non-hydrogen) atoms. The third-order valence-electron chi connectivity index (χ3n) is 0.808. The summed E-state index contributed by atoms with van der Waals surface area (Å²) in [5, 5.41) is 0.277. The molecule has 0 aromatic carbocycles. The molecule has 56 valence electrons. The van der Waals surface area contributed by atoms with Crippen LogP contribution in [0.2, 0.25) is 0 Å². The van der Waals surface area contributed by atoms with Gasteiger partial charge in [0.2, 0.25) is 0 Å². The van der Waals surface area contributed by atoms with E-state index in [0.29, 0.717) is 4.58 Å². The lowest BCUT2D eigenvalue weighted by Crippen LogP contribution is -2.12. The smallest absolute Gasteiger partial charge is 0.0489 e. The van der Waals surface area contributed by atoms with Gasteiger partial charge in [-0.1, -0.05) is 6.92 Å². The van der Waals surface area contributed by atoms with Crippen LogP contribution in [0.5, 0.6) is 0 Å². The van der Waals surface area contributed by atoms with Crippen molar-refractivity contribution in [2.24, 2.45) is 5.73 Å². The van der Waals surface area contributed by atoms with E-state index in [2.05, 4.69) is 13.8 Å². The topological polar surface area (TPSA) is 26.0 Å². The maximum atomic E-state index is 5.57. The van der Waals surface area contributed by atoms with E-state index in [1.165, 1.54) is 5.75 Å². The maximum absolute atomic E-state index is 5.57. The van der Waals surface area contributed by atoms with Crippen molar-refractivity contribution in [1.82, 2.24) is 0 Å². The minimum absolute atomic E-state index is 0.277. The van der Waals surface area contributed by atoms with E-state index in [4.69, 9.17) is 5.73 Å². The van der Waals surface area contributed by atoms with Crippen molar-refractivity contribution in [1.29, 1.82) is 0 Å². The van der Waals surface area contributed by atoms with Crippen molar-refractivity contribution in [2.75, 3.05) is 5.75 Å². The Balaban J connectivity index is 3.15. The van der Waals surface area contributed by atoms with Crippen LogP contribution in [0.1, 0.15) is 20.8 Å². The van der Waals surface area contributed by atoms with Gasteiger partial charge in [0.05, 0.1) is 0 Å². The minimum atomic E-state index is 0.277. The fraction of sp³-hybridized carbons (Fsp3) is 1.00. The highest BCUT2D eigenvalue weighted by Crippen LogP contribution is 2.24. The Bertz CT molecular complexity index is 66.1. The number of hydrogen-bond acceptors (Lipinski definition) is 3. The fourth-order valence-corrected chi connectivity index (χ4v) is 2.90. The summed E-state index contributed by atoms with van der Waals surface area (Å²) in [7, 11) is 0. The first-order valence-electron chi connectivity index (χ1n) is 3.19. The summed E-state index contributed by atoms with van der Waals surface area (Å²) >= 11 is 3.76. The zero-order valence-corrected chi connectivity index (χ0v) is 7.89. The zero-order chi connectivity index (χ0) is 7.28. The zero-order valence-electron chi connectivity index (χ0n) is 6.26. The largest absolute Gasteiger partial charge is 0.320 e. The Labute approximate surface area is 66.2 Å². The molecule has 3 heteroatoms. The molecule has 1 nitrogen and oxygen atoms in total. The first-order valence-corrected chi connectivity index (χ1v) is 5.18. The lowest BCUT2D eigenvalue weighted by atomic mass is 10.8. The number of hydrogen-bond donors (Lipinski definition) is 1. The van der Waals surface area contributed by atoms with Gasteiger partial charge in [0.1, 0.15) is 0 Å². The van der Waals surface area contributed by atoms with E-state index in [-0.39, 0.29) is 5.37 Å². The van der Waals surface area contributed by atoms with Crippen LogP contribution in [-0.4, -0.2) is 15.7 Å². The van der Waals surface area contributed by atoms with Crippen LogP contribution >= 0.6 is 23.5 Å². The molecule has 2 N–H and O–H groups in total. The Kier molecular flexibility index (Phi) is 5.84. The second kappa shape index (κ2) is 5.45.